The van der Waals surface area contributed by atoms with Gasteiger partial charge in [0, 0.05) is 26.6 Å². The van der Waals surface area contributed by atoms with Crippen LogP contribution in [0.25, 0.3) is 0 Å². The first-order chi connectivity index (χ1) is 9.34. The van der Waals surface area contributed by atoms with Crippen molar-refractivity contribution in [2.45, 2.75) is 18.6 Å². The second-order valence-corrected chi connectivity index (χ2v) is 4.72. The van der Waals surface area contributed by atoms with Gasteiger partial charge in [-0.15, -0.1) is 0 Å². The molecule has 1 aromatic rings. The van der Waals surface area contributed by atoms with Crippen LogP contribution in [-0.2, 0) is 11.0 Å². The lowest BCUT2D eigenvalue weighted by atomic mass is 10.0. The number of alkyl halides is 3. The largest absolute Gasteiger partial charge is 0.416 e. The van der Waals surface area contributed by atoms with Crippen molar-refractivity contribution in [3.8, 4) is 0 Å². The van der Waals surface area contributed by atoms with Crippen molar-refractivity contribution in [3.05, 3.63) is 35.4 Å². The Hall–Kier alpha value is -1.60. The molecule has 0 aliphatic carbocycles. The number of hydrogen-bond donors (Lipinski definition) is 1. The van der Waals surface area contributed by atoms with Crippen LogP contribution in [0, 0.1) is 0 Å². The third-order valence-electron chi connectivity index (χ3n) is 3.43. The van der Waals surface area contributed by atoms with Crippen molar-refractivity contribution in [3.63, 3.8) is 0 Å². The lowest BCUT2D eigenvalue weighted by Gasteiger charge is -2.28. The standard InChI is InChI=1S/C13H16F3N3O/c1-18-11(8-12(20)19(18)6-5-17)9-3-2-4-10(7-9)13(14,15)16/h2-4,7,11H,5-6,8,17H2,1H3. The van der Waals surface area contributed by atoms with Crippen LogP contribution < -0.4 is 5.73 Å². The average Bonchev–Trinajstić information content (AvgIpc) is 2.66. The van der Waals surface area contributed by atoms with Gasteiger partial charge in [0.25, 0.3) is 0 Å². The minimum atomic E-state index is -4.38. The highest BCUT2D eigenvalue weighted by Gasteiger charge is 2.37. The lowest BCUT2D eigenvalue weighted by Crippen LogP contribution is -2.40. The van der Waals surface area contributed by atoms with Crippen molar-refractivity contribution >= 4 is 5.91 Å². The van der Waals surface area contributed by atoms with Gasteiger partial charge in [-0.25, -0.2) is 5.01 Å². The zero-order valence-corrected chi connectivity index (χ0v) is 11.0. The number of hydrazine groups is 1. The maximum atomic E-state index is 12.7. The molecule has 1 aliphatic heterocycles. The number of carbonyl (C=O) groups is 1. The minimum absolute atomic E-state index is 0.125. The molecule has 1 fully saturated rings. The first-order valence-electron chi connectivity index (χ1n) is 6.25. The van der Waals surface area contributed by atoms with E-state index in [1.165, 1.54) is 11.1 Å². The van der Waals surface area contributed by atoms with E-state index >= 15 is 0 Å². The zero-order chi connectivity index (χ0) is 14.9. The number of halogens is 3. The van der Waals surface area contributed by atoms with E-state index in [1.54, 1.807) is 18.1 Å². The Labute approximate surface area is 114 Å². The van der Waals surface area contributed by atoms with Crippen LogP contribution in [0.1, 0.15) is 23.6 Å². The summed E-state index contributed by atoms with van der Waals surface area (Å²) in [6.45, 7) is 0.677. The summed E-state index contributed by atoms with van der Waals surface area (Å²) in [6, 6.07) is 4.71. The summed E-state index contributed by atoms with van der Waals surface area (Å²) in [4.78, 5) is 11.8. The van der Waals surface area contributed by atoms with Gasteiger partial charge in [0.15, 0.2) is 0 Å². The lowest BCUT2D eigenvalue weighted by molar-refractivity contribution is -0.138. The van der Waals surface area contributed by atoms with Gasteiger partial charge in [-0.1, -0.05) is 12.1 Å². The van der Waals surface area contributed by atoms with Gasteiger partial charge in [0.05, 0.1) is 11.6 Å². The van der Waals surface area contributed by atoms with Crippen molar-refractivity contribution in [1.82, 2.24) is 10.0 Å². The Balaban J connectivity index is 2.27. The van der Waals surface area contributed by atoms with Gasteiger partial charge in [0.2, 0.25) is 5.91 Å². The number of hydrogen-bond acceptors (Lipinski definition) is 3. The monoisotopic (exact) mass is 287 g/mol. The second-order valence-electron chi connectivity index (χ2n) is 4.72. The molecule has 2 rings (SSSR count). The van der Waals surface area contributed by atoms with E-state index in [0.29, 0.717) is 18.7 Å². The van der Waals surface area contributed by atoms with Gasteiger partial charge in [-0.05, 0) is 17.7 Å². The summed E-state index contributed by atoms with van der Waals surface area (Å²) >= 11 is 0. The fourth-order valence-corrected chi connectivity index (χ4v) is 2.41. The summed E-state index contributed by atoms with van der Waals surface area (Å²) in [5.41, 5.74) is 5.21. The quantitative estimate of drug-likeness (QED) is 0.922. The topological polar surface area (TPSA) is 49.6 Å². The van der Waals surface area contributed by atoms with E-state index in [2.05, 4.69) is 0 Å². The molecule has 1 saturated heterocycles. The molecule has 110 valence electrons. The van der Waals surface area contributed by atoms with E-state index < -0.39 is 11.7 Å². The van der Waals surface area contributed by atoms with Gasteiger partial charge >= 0.3 is 6.18 Å². The Morgan fingerprint density at radius 1 is 1.40 bits per heavy atom. The van der Waals surface area contributed by atoms with E-state index in [4.69, 9.17) is 5.73 Å². The van der Waals surface area contributed by atoms with Crippen LogP contribution in [0.15, 0.2) is 24.3 Å². The highest BCUT2D eigenvalue weighted by molar-refractivity contribution is 5.78. The molecule has 0 aromatic heterocycles. The second kappa shape index (κ2) is 5.41. The van der Waals surface area contributed by atoms with Crippen LogP contribution in [0.4, 0.5) is 13.2 Å². The number of amides is 1. The molecule has 1 unspecified atom stereocenters. The first kappa shape index (κ1) is 14.8. The molecule has 20 heavy (non-hydrogen) atoms. The average molecular weight is 287 g/mol. The van der Waals surface area contributed by atoms with Crippen LogP contribution in [-0.4, -0.2) is 36.1 Å². The molecule has 0 radical (unpaired) electrons. The molecular formula is C13H16F3N3O. The third-order valence-corrected chi connectivity index (χ3v) is 3.43. The minimum Gasteiger partial charge on any atom is -0.329 e. The van der Waals surface area contributed by atoms with Crippen LogP contribution in [0.2, 0.25) is 0 Å². The summed E-state index contributed by atoms with van der Waals surface area (Å²) < 4.78 is 38.2. The van der Waals surface area contributed by atoms with Gasteiger partial charge in [-0.3, -0.25) is 9.80 Å². The van der Waals surface area contributed by atoms with Crippen molar-refractivity contribution < 1.29 is 18.0 Å². The molecule has 1 atom stereocenters. The van der Waals surface area contributed by atoms with E-state index in [1.807, 2.05) is 0 Å². The first-order valence-corrected chi connectivity index (χ1v) is 6.25. The van der Waals surface area contributed by atoms with Gasteiger partial charge in [-0.2, -0.15) is 13.2 Å². The van der Waals surface area contributed by atoms with E-state index in [0.717, 1.165) is 12.1 Å². The SMILES string of the molecule is CN1C(c2cccc(C(F)(F)F)c2)CC(=O)N1CCN. The molecule has 1 amide bonds. The maximum absolute atomic E-state index is 12.7. The van der Waals surface area contributed by atoms with Crippen molar-refractivity contribution in [2.24, 2.45) is 5.73 Å². The number of carbonyl (C=O) groups excluding carboxylic acids is 1. The molecular weight excluding hydrogens is 271 g/mol. The molecule has 0 bridgehead atoms. The fraction of sp³-hybridized carbons (Fsp3) is 0.462. The summed E-state index contributed by atoms with van der Waals surface area (Å²) in [5.74, 6) is -0.125. The van der Waals surface area contributed by atoms with E-state index in [9.17, 15) is 18.0 Å². The molecule has 0 saturated carbocycles. The molecule has 1 aromatic carbocycles. The number of benzene rings is 1. The highest BCUT2D eigenvalue weighted by Crippen LogP contribution is 2.35. The van der Waals surface area contributed by atoms with Gasteiger partial charge in [0.1, 0.15) is 0 Å². The maximum Gasteiger partial charge on any atom is 0.416 e. The Morgan fingerprint density at radius 2 is 2.10 bits per heavy atom. The van der Waals surface area contributed by atoms with Crippen LogP contribution in [0.5, 0.6) is 0 Å². The van der Waals surface area contributed by atoms with Crippen LogP contribution >= 0.6 is 0 Å². The Morgan fingerprint density at radius 3 is 2.70 bits per heavy atom. The van der Waals surface area contributed by atoms with Crippen LogP contribution in [0.3, 0.4) is 0 Å². The Bertz CT molecular complexity index is 504. The predicted octanol–water partition coefficient (Wildman–Crippen LogP) is 1.78. The molecule has 0 spiro atoms. The molecule has 1 aliphatic rings. The normalized spacial score (nSPS) is 20.8. The zero-order valence-electron chi connectivity index (χ0n) is 11.0. The van der Waals surface area contributed by atoms with Crippen molar-refractivity contribution in [2.75, 3.05) is 20.1 Å². The number of rotatable bonds is 3. The molecule has 1 heterocycles. The highest BCUT2D eigenvalue weighted by atomic mass is 19.4. The van der Waals surface area contributed by atoms with Crippen molar-refractivity contribution in [1.29, 1.82) is 0 Å². The number of nitrogens with zero attached hydrogens (tertiary/aromatic N) is 2. The number of nitrogens with two attached hydrogens (primary N) is 1. The summed E-state index contributed by atoms with van der Waals surface area (Å²) in [7, 11) is 1.69. The smallest absolute Gasteiger partial charge is 0.329 e. The summed E-state index contributed by atoms with van der Waals surface area (Å²) in [6.07, 6.45) is -4.22. The molecule has 7 heteroatoms. The third kappa shape index (κ3) is 2.78. The predicted molar refractivity (Wildman–Crippen MR) is 67.3 cm³/mol. The molecule has 4 nitrogen and oxygen atoms in total. The Kier molecular flexibility index (Phi) is 4.01. The summed E-state index contributed by atoms with van der Waals surface area (Å²) in [5, 5.41) is 3.13. The molecule has 2 N–H and O–H groups in total. The van der Waals surface area contributed by atoms with E-state index in [-0.39, 0.29) is 18.4 Å². The fourth-order valence-electron chi connectivity index (χ4n) is 2.41. The van der Waals surface area contributed by atoms with Gasteiger partial charge < -0.3 is 5.73 Å².